The van der Waals surface area contributed by atoms with E-state index in [0.29, 0.717) is 16.4 Å². The predicted molar refractivity (Wildman–Crippen MR) is 69.9 cm³/mol. The van der Waals surface area contributed by atoms with Crippen LogP contribution in [0.3, 0.4) is 0 Å². The van der Waals surface area contributed by atoms with Gasteiger partial charge in [-0.1, -0.05) is 11.6 Å². The first-order valence-corrected chi connectivity index (χ1v) is 6.81. The third-order valence-corrected chi connectivity index (χ3v) is 3.92. The Morgan fingerprint density at radius 2 is 2.17 bits per heavy atom. The highest BCUT2D eigenvalue weighted by atomic mass is 35.5. The van der Waals surface area contributed by atoms with E-state index in [1.807, 2.05) is 0 Å². The first kappa shape index (κ1) is 12.7. The third kappa shape index (κ3) is 2.57. The lowest BCUT2D eigenvalue weighted by Crippen LogP contribution is -2.12. The molecule has 96 valence electrons. The van der Waals surface area contributed by atoms with Crippen molar-refractivity contribution in [3.8, 4) is 0 Å². The zero-order chi connectivity index (χ0) is 13.3. The zero-order valence-corrected chi connectivity index (χ0v) is 11.0. The molecule has 2 aromatic rings. The van der Waals surface area contributed by atoms with Gasteiger partial charge in [-0.05, 0) is 18.2 Å². The second kappa shape index (κ2) is 4.51. The van der Waals surface area contributed by atoms with Crippen LogP contribution in [0.5, 0.6) is 0 Å². The average Bonchev–Trinajstić information content (AvgIpc) is 2.71. The van der Waals surface area contributed by atoms with E-state index in [-0.39, 0.29) is 4.90 Å². The highest BCUT2D eigenvalue weighted by Gasteiger charge is 2.16. The van der Waals surface area contributed by atoms with Crippen molar-refractivity contribution in [3.63, 3.8) is 0 Å². The second-order valence-electron chi connectivity index (χ2n) is 3.69. The zero-order valence-electron chi connectivity index (χ0n) is 9.46. The Balaban J connectivity index is 2.30. The Bertz CT molecular complexity index is 681. The average molecular weight is 287 g/mol. The van der Waals surface area contributed by atoms with Gasteiger partial charge in [0.1, 0.15) is 4.90 Å². The Morgan fingerprint density at radius 3 is 2.72 bits per heavy atom. The largest absolute Gasteiger partial charge is 0.397 e. The summed E-state index contributed by atoms with van der Waals surface area (Å²) in [6.07, 6.45) is 2.67. The summed E-state index contributed by atoms with van der Waals surface area (Å²) in [4.78, 5) is 0.0820. The lowest BCUT2D eigenvalue weighted by molar-refractivity contribution is 0.601. The first-order valence-electron chi connectivity index (χ1n) is 4.95. The van der Waals surface area contributed by atoms with E-state index in [4.69, 9.17) is 17.3 Å². The molecule has 0 amide bonds. The van der Waals surface area contributed by atoms with Gasteiger partial charge in [-0.3, -0.25) is 9.40 Å². The fraction of sp³-hybridized carbons (Fsp3) is 0.100. The molecule has 0 bridgehead atoms. The Kier molecular flexibility index (Phi) is 3.18. The van der Waals surface area contributed by atoms with Crippen LogP contribution in [0.2, 0.25) is 5.02 Å². The molecule has 0 aliphatic carbocycles. The topological polar surface area (TPSA) is 90.0 Å². The Morgan fingerprint density at radius 1 is 1.44 bits per heavy atom. The fourth-order valence-corrected chi connectivity index (χ4v) is 2.51. The molecule has 0 spiro atoms. The fourth-order valence-electron chi connectivity index (χ4n) is 1.36. The van der Waals surface area contributed by atoms with Gasteiger partial charge in [0.05, 0.1) is 22.6 Å². The highest BCUT2D eigenvalue weighted by molar-refractivity contribution is 7.92. The van der Waals surface area contributed by atoms with E-state index in [1.54, 1.807) is 7.05 Å². The van der Waals surface area contributed by atoms with Crippen LogP contribution in [0.15, 0.2) is 35.5 Å². The SMILES string of the molecule is Cn1cc(S(=O)(=O)Nc2ccc(Cl)c(N)c2)cn1. The molecule has 8 heteroatoms. The summed E-state index contributed by atoms with van der Waals surface area (Å²) in [5, 5.41) is 4.18. The lowest BCUT2D eigenvalue weighted by Gasteiger charge is -2.07. The van der Waals surface area contributed by atoms with Crippen LogP contribution in [0.4, 0.5) is 11.4 Å². The number of sulfonamides is 1. The quantitative estimate of drug-likeness (QED) is 0.836. The number of nitrogen functional groups attached to an aromatic ring is 1. The van der Waals surface area contributed by atoms with Crippen LogP contribution in [0, 0.1) is 0 Å². The van der Waals surface area contributed by atoms with Gasteiger partial charge >= 0.3 is 0 Å². The third-order valence-electron chi connectivity index (χ3n) is 2.24. The molecule has 1 aromatic carbocycles. The normalized spacial score (nSPS) is 11.4. The smallest absolute Gasteiger partial charge is 0.265 e. The summed E-state index contributed by atoms with van der Waals surface area (Å²) in [6, 6.07) is 4.51. The summed E-state index contributed by atoms with van der Waals surface area (Å²) in [6.45, 7) is 0. The second-order valence-corrected chi connectivity index (χ2v) is 5.78. The molecule has 0 radical (unpaired) electrons. The van der Waals surface area contributed by atoms with Gasteiger partial charge < -0.3 is 5.73 Å². The minimum atomic E-state index is -3.65. The molecule has 2 rings (SSSR count). The number of benzene rings is 1. The van der Waals surface area contributed by atoms with Crippen LogP contribution in [-0.2, 0) is 17.1 Å². The van der Waals surface area contributed by atoms with Crippen molar-refractivity contribution in [1.29, 1.82) is 0 Å². The van der Waals surface area contributed by atoms with Crippen molar-refractivity contribution in [1.82, 2.24) is 9.78 Å². The van der Waals surface area contributed by atoms with Crippen LogP contribution in [-0.4, -0.2) is 18.2 Å². The first-order chi connectivity index (χ1) is 8.38. The molecule has 1 heterocycles. The minimum Gasteiger partial charge on any atom is -0.397 e. The molecule has 0 saturated carbocycles. The highest BCUT2D eigenvalue weighted by Crippen LogP contribution is 2.24. The van der Waals surface area contributed by atoms with E-state index in [1.165, 1.54) is 35.3 Å². The molecular weight excluding hydrogens is 276 g/mol. The molecule has 0 aliphatic rings. The van der Waals surface area contributed by atoms with Crippen molar-refractivity contribution in [2.75, 3.05) is 10.5 Å². The minimum absolute atomic E-state index is 0.0820. The number of halogens is 1. The summed E-state index contributed by atoms with van der Waals surface area (Å²) >= 11 is 5.76. The summed E-state index contributed by atoms with van der Waals surface area (Å²) in [7, 11) is -2.02. The van der Waals surface area contributed by atoms with Crippen LogP contribution in [0.25, 0.3) is 0 Å². The molecule has 3 N–H and O–H groups in total. The van der Waals surface area contributed by atoms with Gasteiger partial charge in [0.15, 0.2) is 0 Å². The molecular formula is C10H11ClN4O2S. The van der Waals surface area contributed by atoms with Crippen molar-refractivity contribution in [3.05, 3.63) is 35.6 Å². The number of nitrogens with zero attached hydrogens (tertiary/aromatic N) is 2. The van der Waals surface area contributed by atoms with Gasteiger partial charge in [-0.25, -0.2) is 8.42 Å². The number of aromatic nitrogens is 2. The number of nitrogens with one attached hydrogen (secondary N) is 1. The molecule has 0 atom stereocenters. The van der Waals surface area contributed by atoms with Crippen LogP contribution in [0.1, 0.15) is 0 Å². The van der Waals surface area contributed by atoms with Crippen LogP contribution < -0.4 is 10.5 Å². The maximum Gasteiger partial charge on any atom is 0.265 e. The maximum atomic E-state index is 12.0. The number of anilines is 2. The lowest BCUT2D eigenvalue weighted by atomic mass is 10.3. The van der Waals surface area contributed by atoms with Crippen molar-refractivity contribution < 1.29 is 8.42 Å². The number of aryl methyl sites for hydroxylation is 1. The number of rotatable bonds is 3. The number of hydrogen-bond donors (Lipinski definition) is 2. The summed E-state index contributed by atoms with van der Waals surface area (Å²) < 4.78 is 27.7. The predicted octanol–water partition coefficient (Wildman–Crippen LogP) is 1.46. The van der Waals surface area contributed by atoms with Crippen molar-refractivity contribution in [2.45, 2.75) is 4.90 Å². The van der Waals surface area contributed by atoms with Crippen LogP contribution >= 0.6 is 11.6 Å². The van der Waals surface area contributed by atoms with E-state index >= 15 is 0 Å². The van der Waals surface area contributed by atoms with Crippen molar-refractivity contribution in [2.24, 2.45) is 7.05 Å². The molecule has 0 fully saturated rings. The number of nitrogens with two attached hydrogens (primary N) is 1. The van der Waals surface area contributed by atoms with Gasteiger partial charge in [0.2, 0.25) is 0 Å². The van der Waals surface area contributed by atoms with E-state index in [0.717, 1.165) is 0 Å². The molecule has 18 heavy (non-hydrogen) atoms. The Hall–Kier alpha value is -1.73. The number of hydrogen-bond acceptors (Lipinski definition) is 4. The molecule has 1 aromatic heterocycles. The van der Waals surface area contributed by atoms with E-state index in [9.17, 15) is 8.42 Å². The standard InChI is InChI=1S/C10H11ClN4O2S/c1-15-6-8(5-13-15)18(16,17)14-7-2-3-9(11)10(12)4-7/h2-6,14H,12H2,1H3. The molecule has 6 nitrogen and oxygen atoms in total. The van der Waals surface area contributed by atoms with Gasteiger partial charge in [-0.15, -0.1) is 0 Å². The molecule has 0 saturated heterocycles. The van der Waals surface area contributed by atoms with E-state index < -0.39 is 10.0 Å². The monoisotopic (exact) mass is 286 g/mol. The summed E-state index contributed by atoms with van der Waals surface area (Å²) in [5.74, 6) is 0. The Labute approximate surface area is 109 Å². The molecule has 0 aliphatic heterocycles. The van der Waals surface area contributed by atoms with Crippen molar-refractivity contribution >= 4 is 33.0 Å². The summed E-state index contributed by atoms with van der Waals surface area (Å²) in [5.41, 5.74) is 6.26. The van der Waals surface area contributed by atoms with Gasteiger partial charge in [0.25, 0.3) is 10.0 Å². The van der Waals surface area contributed by atoms with Gasteiger partial charge in [-0.2, -0.15) is 5.10 Å². The maximum absolute atomic E-state index is 12.0. The molecule has 0 unspecified atom stereocenters. The van der Waals surface area contributed by atoms with E-state index in [2.05, 4.69) is 9.82 Å². The van der Waals surface area contributed by atoms with Gasteiger partial charge in [0, 0.05) is 13.2 Å².